The van der Waals surface area contributed by atoms with Gasteiger partial charge in [-0.25, -0.2) is 0 Å². The van der Waals surface area contributed by atoms with Crippen LogP contribution in [-0.4, -0.2) is 17.3 Å². The van der Waals surface area contributed by atoms with Crippen LogP contribution in [-0.2, 0) is 0 Å². The third-order valence-electron chi connectivity index (χ3n) is 4.76. The Morgan fingerprint density at radius 1 is 0.636 bits per heavy atom. The van der Waals surface area contributed by atoms with E-state index in [1.165, 1.54) is 96.3 Å². The van der Waals surface area contributed by atoms with Gasteiger partial charge in [0.2, 0.25) is 0 Å². The molecule has 2 heteroatoms. The molecule has 0 spiro atoms. The molecule has 0 aromatic heterocycles. The van der Waals surface area contributed by atoms with Crippen molar-refractivity contribution in [3.8, 4) is 0 Å². The molecule has 4 N–H and O–H groups in total. The average Bonchev–Trinajstić information content (AvgIpc) is 2.50. The highest BCUT2D eigenvalue weighted by Crippen LogP contribution is 2.14. The molecule has 0 saturated heterocycles. The van der Waals surface area contributed by atoms with Gasteiger partial charge in [0, 0.05) is 0 Å². The Morgan fingerprint density at radius 3 is 1.27 bits per heavy atom. The summed E-state index contributed by atoms with van der Waals surface area (Å²) in [4.78, 5) is 0. The first-order chi connectivity index (χ1) is 10.7. The third kappa shape index (κ3) is 16.3. The van der Waals surface area contributed by atoms with E-state index in [1.54, 1.807) is 0 Å². The van der Waals surface area contributed by atoms with Crippen molar-refractivity contribution in [1.82, 2.24) is 0 Å². The van der Waals surface area contributed by atoms with Gasteiger partial charge in [0.05, 0.1) is 0 Å². The molecule has 0 bridgehead atoms. The van der Waals surface area contributed by atoms with Crippen molar-refractivity contribution in [2.75, 3.05) is 0 Å². The molecule has 0 amide bonds. The van der Waals surface area contributed by atoms with E-state index in [-0.39, 0.29) is 12.1 Å². The topological polar surface area (TPSA) is 47.9 Å². The fourth-order valence-corrected chi connectivity index (χ4v) is 3.01. The fourth-order valence-electron chi connectivity index (χ4n) is 3.01. The summed E-state index contributed by atoms with van der Waals surface area (Å²) in [5.74, 6) is 0. The summed E-state index contributed by atoms with van der Waals surface area (Å²) in [5, 5.41) is 9.67. The van der Waals surface area contributed by atoms with Crippen LogP contribution in [0.4, 0.5) is 0 Å². The number of hydrogen-bond acceptors (Lipinski definition) is 1. The minimum atomic E-state index is -0.193. The molecule has 0 aromatic rings. The van der Waals surface area contributed by atoms with E-state index in [4.69, 9.17) is 0 Å². The number of aliphatic hydroxyl groups excluding tert-OH is 1. The number of hydrogen-bond donors (Lipinski definition) is 2. The van der Waals surface area contributed by atoms with Crippen molar-refractivity contribution in [2.24, 2.45) is 0 Å². The van der Waals surface area contributed by atoms with Crippen molar-refractivity contribution >= 4 is 0 Å². The first kappa shape index (κ1) is 21.9. The lowest BCUT2D eigenvalue weighted by molar-refractivity contribution is -0.432. The highest BCUT2D eigenvalue weighted by Gasteiger charge is 2.11. The monoisotopic (exact) mass is 314 g/mol. The second-order valence-electron chi connectivity index (χ2n) is 7.28. The maximum Gasteiger partial charge on any atom is 0.108 e. The first-order valence-electron chi connectivity index (χ1n) is 10.2. The van der Waals surface area contributed by atoms with Gasteiger partial charge in [-0.1, -0.05) is 103 Å². The lowest BCUT2D eigenvalue weighted by Gasteiger charge is -2.11. The van der Waals surface area contributed by atoms with Crippen LogP contribution in [0.2, 0.25) is 0 Å². The average molecular weight is 315 g/mol. The molecule has 0 aliphatic heterocycles. The summed E-state index contributed by atoms with van der Waals surface area (Å²) in [6, 6.07) is 0.173. The molecule has 0 unspecified atom stereocenters. The van der Waals surface area contributed by atoms with Gasteiger partial charge in [-0.2, -0.15) is 0 Å². The predicted octanol–water partition coefficient (Wildman–Crippen LogP) is 5.24. The molecule has 22 heavy (non-hydrogen) atoms. The summed E-state index contributed by atoms with van der Waals surface area (Å²) in [6.45, 7) is 4.28. The van der Waals surface area contributed by atoms with Gasteiger partial charge in [-0.15, -0.1) is 0 Å². The molecule has 0 radical (unpaired) electrons. The maximum atomic E-state index is 9.67. The zero-order valence-corrected chi connectivity index (χ0v) is 15.6. The summed E-state index contributed by atoms with van der Waals surface area (Å²) in [5.41, 5.74) is 3.88. The smallest absolute Gasteiger partial charge is 0.108 e. The molecule has 2 atom stereocenters. The molecule has 0 fully saturated rings. The minimum Gasteiger partial charge on any atom is -0.387 e. The van der Waals surface area contributed by atoms with Gasteiger partial charge in [0.25, 0.3) is 0 Å². The summed E-state index contributed by atoms with van der Waals surface area (Å²) in [7, 11) is 0. The van der Waals surface area contributed by atoms with Crippen molar-refractivity contribution in [3.05, 3.63) is 0 Å². The molecule has 0 rings (SSSR count). The Hall–Kier alpha value is -0.0800. The van der Waals surface area contributed by atoms with Crippen LogP contribution in [0.1, 0.15) is 117 Å². The molecule has 0 heterocycles. The summed E-state index contributed by atoms with van der Waals surface area (Å²) in [6.07, 6.45) is 21.7. The van der Waals surface area contributed by atoms with E-state index in [1.807, 2.05) is 6.92 Å². The van der Waals surface area contributed by atoms with Crippen LogP contribution < -0.4 is 5.73 Å². The normalized spacial score (nSPS) is 14.2. The SMILES string of the molecule is CCCCCCCCCCCCCCCCC[C@@H](O)[C@H](C)[NH3+]. The van der Waals surface area contributed by atoms with E-state index in [0.29, 0.717) is 0 Å². The van der Waals surface area contributed by atoms with E-state index >= 15 is 0 Å². The molecular formula is C20H44NO+. The Balaban J connectivity index is 3.03. The van der Waals surface area contributed by atoms with Crippen LogP contribution in [0, 0.1) is 0 Å². The molecular weight excluding hydrogens is 270 g/mol. The highest BCUT2D eigenvalue weighted by atomic mass is 16.3. The number of quaternary nitrogens is 1. The van der Waals surface area contributed by atoms with Crippen LogP contribution >= 0.6 is 0 Å². The van der Waals surface area contributed by atoms with Gasteiger partial charge in [-0.05, 0) is 13.3 Å². The van der Waals surface area contributed by atoms with Gasteiger partial charge < -0.3 is 10.8 Å². The van der Waals surface area contributed by atoms with Crippen LogP contribution in [0.25, 0.3) is 0 Å². The van der Waals surface area contributed by atoms with Crippen molar-refractivity contribution in [3.63, 3.8) is 0 Å². The Labute approximate surface area is 140 Å². The largest absolute Gasteiger partial charge is 0.387 e. The van der Waals surface area contributed by atoms with Gasteiger partial charge >= 0.3 is 0 Å². The molecule has 0 aromatic carbocycles. The van der Waals surface area contributed by atoms with Crippen molar-refractivity contribution in [2.45, 2.75) is 129 Å². The van der Waals surface area contributed by atoms with Crippen molar-refractivity contribution < 1.29 is 10.8 Å². The first-order valence-corrected chi connectivity index (χ1v) is 10.2. The van der Waals surface area contributed by atoms with Crippen molar-refractivity contribution in [1.29, 1.82) is 0 Å². The zero-order valence-electron chi connectivity index (χ0n) is 15.6. The maximum absolute atomic E-state index is 9.67. The predicted molar refractivity (Wildman–Crippen MR) is 97.9 cm³/mol. The zero-order chi connectivity index (χ0) is 16.5. The van der Waals surface area contributed by atoms with Crippen LogP contribution in [0.3, 0.4) is 0 Å². The molecule has 0 aliphatic carbocycles. The standard InChI is InChI=1S/C20H43NO/c1-3-4-5-6-7-8-9-10-11-12-13-14-15-16-17-18-20(22)19(2)21/h19-20,22H,3-18,21H2,1-2H3/p+1/t19-,20+/m0/s1. The second kappa shape index (κ2) is 17.3. The lowest BCUT2D eigenvalue weighted by atomic mass is 10.0. The quantitative estimate of drug-likeness (QED) is 0.354. The molecule has 2 nitrogen and oxygen atoms in total. The highest BCUT2D eigenvalue weighted by molar-refractivity contribution is 4.60. The van der Waals surface area contributed by atoms with Gasteiger partial charge in [-0.3, -0.25) is 0 Å². The molecule has 0 saturated carbocycles. The Kier molecular flexibility index (Phi) is 17.2. The van der Waals surface area contributed by atoms with Crippen LogP contribution in [0.15, 0.2) is 0 Å². The van der Waals surface area contributed by atoms with E-state index < -0.39 is 0 Å². The van der Waals surface area contributed by atoms with Gasteiger partial charge in [0.1, 0.15) is 12.1 Å². The summed E-state index contributed by atoms with van der Waals surface area (Å²) < 4.78 is 0. The van der Waals surface area contributed by atoms with E-state index in [9.17, 15) is 5.11 Å². The molecule has 134 valence electrons. The fraction of sp³-hybridized carbons (Fsp3) is 1.00. The Bertz CT molecular complexity index is 206. The van der Waals surface area contributed by atoms with E-state index in [0.717, 1.165) is 6.42 Å². The number of aliphatic hydroxyl groups is 1. The van der Waals surface area contributed by atoms with E-state index in [2.05, 4.69) is 12.7 Å². The minimum absolute atomic E-state index is 0.173. The number of unbranched alkanes of at least 4 members (excludes halogenated alkanes) is 14. The van der Waals surface area contributed by atoms with Crippen LogP contribution in [0.5, 0.6) is 0 Å². The molecule has 0 aliphatic rings. The summed E-state index contributed by atoms with van der Waals surface area (Å²) >= 11 is 0. The van der Waals surface area contributed by atoms with Gasteiger partial charge in [0.15, 0.2) is 0 Å². The second-order valence-corrected chi connectivity index (χ2v) is 7.28. The lowest BCUT2D eigenvalue weighted by Crippen LogP contribution is -2.64. The number of rotatable bonds is 17. The third-order valence-corrected chi connectivity index (χ3v) is 4.76. The Morgan fingerprint density at radius 2 is 0.955 bits per heavy atom.